The van der Waals surface area contributed by atoms with Gasteiger partial charge in [-0.15, -0.1) is 6.42 Å². The van der Waals surface area contributed by atoms with Crippen LogP contribution in [0.5, 0.6) is 11.5 Å². The van der Waals surface area contributed by atoms with Gasteiger partial charge in [0.25, 0.3) is 0 Å². The summed E-state index contributed by atoms with van der Waals surface area (Å²) in [6.45, 7) is 2.52. The first-order valence-corrected chi connectivity index (χ1v) is 9.21. The monoisotopic (exact) mass is 396 g/mol. The highest BCUT2D eigenvalue weighted by Crippen LogP contribution is 2.29. The first kappa shape index (κ1) is 21.2. The number of carbonyl (C=O) groups excluding carboxylic acids is 1. The number of amides is 1. The largest absolute Gasteiger partial charge is 0.490 e. The molecule has 0 spiro atoms. The number of hydrogen-bond donors (Lipinski definition) is 1. The van der Waals surface area contributed by atoms with E-state index in [2.05, 4.69) is 17.3 Å². The van der Waals surface area contributed by atoms with Gasteiger partial charge in [0.15, 0.2) is 11.5 Å². The molecule has 0 saturated carbocycles. The molecular weight excluding hydrogens is 376 g/mol. The number of nitriles is 1. The van der Waals surface area contributed by atoms with Crippen molar-refractivity contribution in [2.24, 2.45) is 0 Å². The minimum atomic E-state index is -0.719. The number of terminal acetylenes is 1. The molecule has 0 bridgehead atoms. The van der Waals surface area contributed by atoms with Crippen LogP contribution in [0.2, 0.25) is 5.02 Å². The Morgan fingerprint density at radius 3 is 2.61 bits per heavy atom. The smallest absolute Gasteiger partial charge is 0.221 e. The highest BCUT2D eigenvalue weighted by molar-refractivity contribution is 6.30. The molecule has 2 aromatic rings. The number of nitrogens with one attached hydrogen (secondary N) is 1. The Morgan fingerprint density at radius 2 is 1.96 bits per heavy atom. The van der Waals surface area contributed by atoms with E-state index in [1.165, 1.54) is 0 Å². The minimum Gasteiger partial charge on any atom is -0.490 e. The molecule has 1 atom stereocenters. The van der Waals surface area contributed by atoms with Crippen LogP contribution in [0.25, 0.3) is 0 Å². The van der Waals surface area contributed by atoms with E-state index in [1.807, 2.05) is 19.1 Å². The molecule has 0 aliphatic heterocycles. The van der Waals surface area contributed by atoms with Crippen molar-refractivity contribution in [3.63, 3.8) is 0 Å². The van der Waals surface area contributed by atoms with Gasteiger partial charge in [0, 0.05) is 11.4 Å². The van der Waals surface area contributed by atoms with Crippen LogP contribution in [0.4, 0.5) is 0 Å². The van der Waals surface area contributed by atoms with Crippen LogP contribution in [0.3, 0.4) is 0 Å². The molecule has 1 amide bonds. The van der Waals surface area contributed by atoms with Gasteiger partial charge in [-0.05, 0) is 48.7 Å². The SMILES string of the molecule is C#CCOc1ccc(CCC(=O)NC(C#N)c2ccc(Cl)cc2)cc1OCC. The average molecular weight is 397 g/mol. The van der Waals surface area contributed by atoms with E-state index < -0.39 is 6.04 Å². The number of carbonyl (C=O) groups is 1. The molecule has 2 rings (SSSR count). The number of rotatable bonds is 9. The van der Waals surface area contributed by atoms with Gasteiger partial charge in [-0.3, -0.25) is 4.79 Å². The van der Waals surface area contributed by atoms with E-state index in [0.29, 0.717) is 35.1 Å². The van der Waals surface area contributed by atoms with E-state index >= 15 is 0 Å². The summed E-state index contributed by atoms with van der Waals surface area (Å²) in [5, 5.41) is 12.6. The summed E-state index contributed by atoms with van der Waals surface area (Å²) in [5.41, 5.74) is 1.61. The van der Waals surface area contributed by atoms with Gasteiger partial charge in [0.2, 0.25) is 5.91 Å². The molecule has 0 heterocycles. The van der Waals surface area contributed by atoms with Crippen molar-refractivity contribution in [3.8, 4) is 29.9 Å². The van der Waals surface area contributed by atoms with Gasteiger partial charge < -0.3 is 14.8 Å². The fraction of sp³-hybridized carbons (Fsp3) is 0.273. The molecular formula is C22H21ClN2O3. The second kappa shape index (κ2) is 10.9. The number of hydrogen-bond acceptors (Lipinski definition) is 4. The molecule has 0 aliphatic carbocycles. The van der Waals surface area contributed by atoms with Crippen LogP contribution in [0, 0.1) is 23.7 Å². The van der Waals surface area contributed by atoms with Crippen molar-refractivity contribution in [1.29, 1.82) is 5.26 Å². The molecule has 0 aromatic heterocycles. The second-order valence-electron chi connectivity index (χ2n) is 5.89. The van der Waals surface area contributed by atoms with E-state index in [1.54, 1.807) is 30.3 Å². The first-order chi connectivity index (χ1) is 13.6. The summed E-state index contributed by atoms with van der Waals surface area (Å²) in [6, 6.07) is 13.7. The van der Waals surface area contributed by atoms with Crippen LogP contribution < -0.4 is 14.8 Å². The first-order valence-electron chi connectivity index (χ1n) is 8.83. The lowest BCUT2D eigenvalue weighted by molar-refractivity contribution is -0.121. The molecule has 2 aromatic carbocycles. The van der Waals surface area contributed by atoms with Crippen molar-refractivity contribution in [2.75, 3.05) is 13.2 Å². The van der Waals surface area contributed by atoms with Crippen molar-refractivity contribution in [3.05, 3.63) is 58.6 Å². The van der Waals surface area contributed by atoms with E-state index in [9.17, 15) is 10.1 Å². The lowest BCUT2D eigenvalue weighted by atomic mass is 10.1. The molecule has 0 fully saturated rings. The number of ether oxygens (including phenoxy) is 2. The molecule has 0 radical (unpaired) electrons. The standard InChI is InChI=1S/C22H21ClN2O3/c1-3-13-28-20-11-5-16(14-21(20)27-4-2)6-12-22(26)25-19(15-24)17-7-9-18(23)10-8-17/h1,5,7-11,14,19H,4,6,12-13H2,2H3,(H,25,26). The fourth-order valence-corrected chi connectivity index (χ4v) is 2.68. The normalized spacial score (nSPS) is 11.0. The lowest BCUT2D eigenvalue weighted by Crippen LogP contribution is -2.27. The van der Waals surface area contributed by atoms with Gasteiger partial charge in [-0.1, -0.05) is 35.7 Å². The Balaban J connectivity index is 1.97. The molecule has 144 valence electrons. The molecule has 0 aliphatic rings. The van der Waals surface area contributed by atoms with E-state index in [-0.39, 0.29) is 18.9 Å². The topological polar surface area (TPSA) is 71.3 Å². The maximum absolute atomic E-state index is 12.3. The number of halogens is 1. The second-order valence-corrected chi connectivity index (χ2v) is 6.32. The molecule has 5 nitrogen and oxygen atoms in total. The number of benzene rings is 2. The van der Waals surface area contributed by atoms with Crippen LogP contribution >= 0.6 is 11.6 Å². The van der Waals surface area contributed by atoms with Crippen molar-refractivity contribution < 1.29 is 14.3 Å². The zero-order valence-corrected chi connectivity index (χ0v) is 16.3. The summed E-state index contributed by atoms with van der Waals surface area (Å²) >= 11 is 5.86. The Labute approximate surface area is 170 Å². The van der Waals surface area contributed by atoms with Crippen LogP contribution in [0.1, 0.15) is 30.5 Å². The Bertz CT molecular complexity index is 882. The molecule has 0 saturated heterocycles. The number of aryl methyl sites for hydroxylation is 1. The highest BCUT2D eigenvalue weighted by Gasteiger charge is 2.14. The average Bonchev–Trinajstić information content (AvgIpc) is 2.70. The summed E-state index contributed by atoms with van der Waals surface area (Å²) < 4.78 is 11.0. The van der Waals surface area contributed by atoms with E-state index in [4.69, 9.17) is 27.5 Å². The summed E-state index contributed by atoms with van der Waals surface area (Å²) in [7, 11) is 0. The van der Waals surface area contributed by atoms with E-state index in [0.717, 1.165) is 5.56 Å². The fourth-order valence-electron chi connectivity index (χ4n) is 2.55. The Morgan fingerprint density at radius 1 is 1.21 bits per heavy atom. The summed E-state index contributed by atoms with van der Waals surface area (Å²) in [4.78, 5) is 12.3. The molecule has 28 heavy (non-hydrogen) atoms. The van der Waals surface area contributed by atoms with Crippen LogP contribution in [-0.2, 0) is 11.2 Å². The van der Waals surface area contributed by atoms with Crippen molar-refractivity contribution in [2.45, 2.75) is 25.8 Å². The van der Waals surface area contributed by atoms with Gasteiger partial charge in [-0.25, -0.2) is 0 Å². The lowest BCUT2D eigenvalue weighted by Gasteiger charge is -2.13. The number of nitrogens with zero attached hydrogens (tertiary/aromatic N) is 1. The van der Waals surface area contributed by atoms with Gasteiger partial charge in [0.1, 0.15) is 12.6 Å². The third-order valence-electron chi connectivity index (χ3n) is 3.90. The summed E-state index contributed by atoms with van der Waals surface area (Å²) in [5.74, 6) is 3.36. The molecule has 6 heteroatoms. The maximum atomic E-state index is 12.3. The van der Waals surface area contributed by atoms with Gasteiger partial charge in [-0.2, -0.15) is 5.26 Å². The van der Waals surface area contributed by atoms with Gasteiger partial charge in [0.05, 0.1) is 12.7 Å². The summed E-state index contributed by atoms with van der Waals surface area (Å²) in [6.07, 6.45) is 5.96. The molecule has 1 N–H and O–H groups in total. The van der Waals surface area contributed by atoms with Crippen molar-refractivity contribution >= 4 is 17.5 Å². The highest BCUT2D eigenvalue weighted by atomic mass is 35.5. The van der Waals surface area contributed by atoms with Crippen LogP contribution in [0.15, 0.2) is 42.5 Å². The third-order valence-corrected chi connectivity index (χ3v) is 4.15. The van der Waals surface area contributed by atoms with Crippen molar-refractivity contribution in [1.82, 2.24) is 5.32 Å². The Kier molecular flexibility index (Phi) is 8.21. The van der Waals surface area contributed by atoms with Gasteiger partial charge >= 0.3 is 0 Å². The third kappa shape index (κ3) is 6.23. The maximum Gasteiger partial charge on any atom is 0.221 e. The predicted octanol–water partition coefficient (Wildman–Crippen LogP) is 4.06. The van der Waals surface area contributed by atoms with Crippen LogP contribution in [-0.4, -0.2) is 19.1 Å². The minimum absolute atomic E-state index is 0.155. The quantitative estimate of drug-likeness (QED) is 0.649. The Hall–Kier alpha value is -3.15. The molecule has 1 unspecified atom stereocenters. The zero-order valence-electron chi connectivity index (χ0n) is 15.6. The zero-order chi connectivity index (χ0) is 20.4. The predicted molar refractivity (Wildman–Crippen MR) is 108 cm³/mol.